The molecule has 4 rings (SSSR count). The van der Waals surface area contributed by atoms with Gasteiger partial charge in [-0.3, -0.25) is 9.59 Å². The van der Waals surface area contributed by atoms with Gasteiger partial charge in [0.05, 0.1) is 0 Å². The molecule has 2 aromatic rings. The fourth-order valence-corrected chi connectivity index (χ4v) is 4.92. The lowest BCUT2D eigenvalue weighted by molar-refractivity contribution is -0.140. The summed E-state index contributed by atoms with van der Waals surface area (Å²) in [5.41, 5.74) is 2.44. The van der Waals surface area contributed by atoms with Crippen molar-refractivity contribution in [3.05, 3.63) is 66.0 Å². The second-order valence-electron chi connectivity index (χ2n) is 9.19. The van der Waals surface area contributed by atoms with E-state index >= 15 is 0 Å². The Labute approximate surface area is 195 Å². The highest BCUT2D eigenvalue weighted by atomic mass is 19.1. The first kappa shape index (κ1) is 23.2. The summed E-state index contributed by atoms with van der Waals surface area (Å²) in [6.07, 6.45) is 12.5. The van der Waals surface area contributed by atoms with Gasteiger partial charge in [0.25, 0.3) is 11.8 Å². The van der Waals surface area contributed by atoms with Crippen LogP contribution in [0.3, 0.4) is 0 Å². The van der Waals surface area contributed by atoms with Crippen LogP contribution >= 0.6 is 0 Å². The summed E-state index contributed by atoms with van der Waals surface area (Å²) in [5, 5.41) is 0. The third kappa shape index (κ3) is 5.70. The molecule has 0 N–H and O–H groups in total. The molecule has 0 aromatic heterocycles. The van der Waals surface area contributed by atoms with Gasteiger partial charge in [0.15, 0.2) is 6.73 Å². The number of carbonyl (C=O) groups is 2. The van der Waals surface area contributed by atoms with Crippen LogP contribution in [0.5, 0.6) is 5.75 Å². The second-order valence-corrected chi connectivity index (χ2v) is 9.19. The smallest absolute Gasteiger partial charge is 0.256 e. The third-order valence-corrected chi connectivity index (χ3v) is 6.95. The molecule has 2 aromatic carbocycles. The lowest BCUT2D eigenvalue weighted by atomic mass is 9.77. The Morgan fingerprint density at radius 3 is 2.27 bits per heavy atom. The van der Waals surface area contributed by atoms with Crippen molar-refractivity contribution in [3.8, 4) is 16.9 Å². The Balaban J connectivity index is 1.33. The van der Waals surface area contributed by atoms with Gasteiger partial charge in [-0.05, 0) is 66.8 Å². The van der Waals surface area contributed by atoms with E-state index in [2.05, 4.69) is 13.0 Å². The van der Waals surface area contributed by atoms with Crippen LogP contribution in [0.4, 0.5) is 4.39 Å². The SMILES string of the molecule is CCCCCC1CCC(c2ccc(-c3ccc(OCN4C(=O)C=CC4=O)cc3)c(F)c2)CC1. The molecule has 2 amide bonds. The van der Waals surface area contributed by atoms with Gasteiger partial charge in [-0.25, -0.2) is 9.29 Å². The van der Waals surface area contributed by atoms with Gasteiger partial charge in [0.1, 0.15) is 11.6 Å². The molecular formula is C28H32FNO3. The minimum atomic E-state index is -0.385. The molecule has 0 unspecified atom stereocenters. The van der Waals surface area contributed by atoms with Crippen LogP contribution in [0.15, 0.2) is 54.6 Å². The minimum Gasteiger partial charge on any atom is -0.473 e. The van der Waals surface area contributed by atoms with Crippen LogP contribution in [0.2, 0.25) is 0 Å². The standard InChI is InChI=1S/C28H32FNO3/c1-2-3-4-5-20-6-8-21(9-7-20)23-12-15-25(26(29)18-23)22-10-13-24(14-11-22)33-19-30-27(31)16-17-28(30)32/h10-18,20-21H,2-9,19H2,1H3. The first-order valence-corrected chi connectivity index (χ1v) is 12.1. The van der Waals surface area contributed by atoms with E-state index in [-0.39, 0.29) is 24.4 Å². The average molecular weight is 450 g/mol. The van der Waals surface area contributed by atoms with Gasteiger partial charge < -0.3 is 4.74 Å². The minimum absolute atomic E-state index is 0.145. The molecular weight excluding hydrogens is 417 g/mol. The number of amides is 2. The van der Waals surface area contributed by atoms with Crippen molar-refractivity contribution in [1.29, 1.82) is 0 Å². The summed E-state index contributed by atoms with van der Waals surface area (Å²) in [7, 11) is 0. The second kappa shape index (κ2) is 10.8. The van der Waals surface area contributed by atoms with Gasteiger partial charge in [0.2, 0.25) is 0 Å². The molecule has 1 heterocycles. The van der Waals surface area contributed by atoms with E-state index in [4.69, 9.17) is 4.74 Å². The van der Waals surface area contributed by atoms with Crippen molar-refractivity contribution in [2.45, 2.75) is 64.2 Å². The molecule has 2 aliphatic rings. The third-order valence-electron chi connectivity index (χ3n) is 6.95. The quantitative estimate of drug-likeness (QED) is 0.320. The zero-order chi connectivity index (χ0) is 23.2. The van der Waals surface area contributed by atoms with E-state index in [1.54, 1.807) is 30.3 Å². The van der Waals surface area contributed by atoms with E-state index in [0.717, 1.165) is 34.8 Å². The zero-order valence-electron chi connectivity index (χ0n) is 19.3. The topological polar surface area (TPSA) is 46.6 Å². The van der Waals surface area contributed by atoms with E-state index < -0.39 is 0 Å². The molecule has 174 valence electrons. The Hall–Kier alpha value is -2.95. The Morgan fingerprint density at radius 1 is 0.939 bits per heavy atom. The Morgan fingerprint density at radius 2 is 1.64 bits per heavy atom. The first-order chi connectivity index (χ1) is 16.0. The monoisotopic (exact) mass is 449 g/mol. The number of nitrogens with zero attached hydrogens (tertiary/aromatic N) is 1. The summed E-state index contributed by atoms with van der Waals surface area (Å²) in [4.78, 5) is 24.2. The predicted octanol–water partition coefficient (Wildman–Crippen LogP) is 6.61. The summed E-state index contributed by atoms with van der Waals surface area (Å²) in [6.45, 7) is 2.10. The lowest BCUT2D eigenvalue weighted by Crippen LogP contribution is -2.33. The first-order valence-electron chi connectivity index (χ1n) is 12.1. The number of carbonyl (C=O) groups excluding carboxylic acids is 2. The fourth-order valence-electron chi connectivity index (χ4n) is 4.92. The summed E-state index contributed by atoms with van der Waals surface area (Å²) >= 11 is 0. The van der Waals surface area contributed by atoms with Crippen molar-refractivity contribution in [1.82, 2.24) is 4.90 Å². The molecule has 4 nitrogen and oxygen atoms in total. The van der Waals surface area contributed by atoms with Crippen LogP contribution in [-0.2, 0) is 9.59 Å². The van der Waals surface area contributed by atoms with Crippen molar-refractivity contribution >= 4 is 11.8 Å². The van der Waals surface area contributed by atoms with Crippen molar-refractivity contribution in [3.63, 3.8) is 0 Å². The lowest BCUT2D eigenvalue weighted by Gasteiger charge is -2.29. The van der Waals surface area contributed by atoms with Crippen LogP contribution < -0.4 is 4.74 Å². The average Bonchev–Trinajstić information content (AvgIpc) is 3.16. The number of benzene rings is 2. The molecule has 0 atom stereocenters. The molecule has 0 saturated heterocycles. The van der Waals surface area contributed by atoms with Gasteiger partial charge in [0, 0.05) is 17.7 Å². The van der Waals surface area contributed by atoms with E-state index in [1.165, 1.54) is 50.7 Å². The molecule has 5 heteroatoms. The summed E-state index contributed by atoms with van der Waals surface area (Å²) in [6, 6.07) is 12.7. The summed E-state index contributed by atoms with van der Waals surface area (Å²) in [5.74, 6) is 0.838. The number of halogens is 1. The molecule has 1 aliphatic heterocycles. The van der Waals surface area contributed by atoms with Crippen molar-refractivity contribution in [2.24, 2.45) is 5.92 Å². The highest BCUT2D eigenvalue weighted by molar-refractivity contribution is 6.12. The summed E-state index contributed by atoms with van der Waals surface area (Å²) < 4.78 is 20.5. The highest BCUT2D eigenvalue weighted by Crippen LogP contribution is 2.39. The predicted molar refractivity (Wildman–Crippen MR) is 127 cm³/mol. The van der Waals surface area contributed by atoms with Crippen LogP contribution in [0, 0.1) is 11.7 Å². The maximum atomic E-state index is 15.0. The van der Waals surface area contributed by atoms with Crippen molar-refractivity contribution < 1.29 is 18.7 Å². The number of rotatable bonds is 9. The molecule has 0 radical (unpaired) electrons. The number of unbranched alkanes of at least 4 members (excludes halogenated alkanes) is 2. The molecule has 33 heavy (non-hydrogen) atoms. The van der Waals surface area contributed by atoms with Gasteiger partial charge in [-0.1, -0.05) is 56.9 Å². The molecule has 1 fully saturated rings. The zero-order valence-corrected chi connectivity index (χ0v) is 19.3. The molecule has 1 saturated carbocycles. The van der Waals surface area contributed by atoms with Crippen LogP contribution in [-0.4, -0.2) is 23.4 Å². The normalized spacial score (nSPS) is 20.5. The molecule has 1 aliphatic carbocycles. The van der Waals surface area contributed by atoms with Crippen molar-refractivity contribution in [2.75, 3.05) is 6.73 Å². The number of ether oxygens (including phenoxy) is 1. The van der Waals surface area contributed by atoms with E-state index in [0.29, 0.717) is 17.2 Å². The molecule has 0 spiro atoms. The maximum absolute atomic E-state index is 15.0. The maximum Gasteiger partial charge on any atom is 0.256 e. The fraction of sp³-hybridized carbons (Fsp3) is 0.429. The number of hydrogen-bond acceptors (Lipinski definition) is 3. The van der Waals surface area contributed by atoms with Gasteiger partial charge >= 0.3 is 0 Å². The van der Waals surface area contributed by atoms with E-state index in [9.17, 15) is 14.0 Å². The van der Waals surface area contributed by atoms with Crippen LogP contribution in [0.25, 0.3) is 11.1 Å². The number of hydrogen-bond donors (Lipinski definition) is 0. The number of imide groups is 1. The Bertz CT molecular complexity index is 988. The Kier molecular flexibility index (Phi) is 7.58. The van der Waals surface area contributed by atoms with Gasteiger partial charge in [-0.15, -0.1) is 0 Å². The highest BCUT2D eigenvalue weighted by Gasteiger charge is 2.24. The van der Waals surface area contributed by atoms with Gasteiger partial charge in [-0.2, -0.15) is 0 Å². The van der Waals surface area contributed by atoms with Crippen LogP contribution in [0.1, 0.15) is 69.8 Å². The van der Waals surface area contributed by atoms with E-state index in [1.807, 2.05) is 6.07 Å². The molecule has 0 bridgehead atoms. The largest absolute Gasteiger partial charge is 0.473 e.